The largest absolute Gasteiger partial charge is 0.471 e. The molecule has 0 radical (unpaired) electrons. The standard InChI is InChI=1S/C26H36F3N5O5/c1-12(39-15-6-7-15)18(32-23(38)26(27,28)29)22(37)34-11-16-17(25(16,4)5)19(34)21(36)31-14(10-30)8-13-9-24(2,3)33-20(13)35/h12-19H,6-9,11H2,1-5H3,(H,31,36)(H,32,38)(H,33,35)/t12-,13-,14+,16+,17+,18+,19+/m1/s1. The Morgan fingerprint density at radius 3 is 2.36 bits per heavy atom. The molecule has 2 aliphatic carbocycles. The lowest BCUT2D eigenvalue weighted by Gasteiger charge is -2.35. The summed E-state index contributed by atoms with van der Waals surface area (Å²) < 4.78 is 44.9. The van der Waals surface area contributed by atoms with Gasteiger partial charge in [0.25, 0.3) is 0 Å². The van der Waals surface area contributed by atoms with Crippen LogP contribution in [0.5, 0.6) is 0 Å². The Hall–Kier alpha value is -2.88. The molecular weight excluding hydrogens is 519 g/mol. The van der Waals surface area contributed by atoms with E-state index in [1.165, 1.54) is 11.8 Å². The Balaban J connectivity index is 1.52. The fourth-order valence-corrected chi connectivity index (χ4v) is 6.25. The lowest BCUT2D eigenvalue weighted by molar-refractivity contribution is -0.176. The average Bonchev–Trinajstić information content (AvgIpc) is 3.62. The van der Waals surface area contributed by atoms with Crippen molar-refractivity contribution in [1.82, 2.24) is 20.9 Å². The van der Waals surface area contributed by atoms with Crippen molar-refractivity contribution in [3.63, 3.8) is 0 Å². The summed E-state index contributed by atoms with van der Waals surface area (Å²) in [5.41, 5.74) is -0.724. The number of amides is 4. The molecule has 0 unspecified atom stereocenters. The van der Waals surface area contributed by atoms with Gasteiger partial charge in [0.15, 0.2) is 0 Å². The van der Waals surface area contributed by atoms with E-state index >= 15 is 0 Å². The molecule has 13 heteroatoms. The van der Waals surface area contributed by atoms with Crippen molar-refractivity contribution in [2.24, 2.45) is 23.2 Å². The fraction of sp³-hybridized carbons (Fsp3) is 0.808. The Labute approximate surface area is 225 Å². The molecule has 0 aromatic heterocycles. The van der Waals surface area contributed by atoms with Gasteiger partial charge in [-0.25, -0.2) is 0 Å². The number of nitrogens with zero attached hydrogens (tertiary/aromatic N) is 2. The SMILES string of the molecule is C[C@@H](OC1CC1)[C@H](NC(=O)C(F)(F)F)C(=O)N1C[C@H]2[C@@H]([C@H]1C(=O)N[C@H](C#N)C[C@@H]1CC(C)(C)NC1=O)C2(C)C. The van der Waals surface area contributed by atoms with Crippen LogP contribution in [0.25, 0.3) is 0 Å². The number of nitrogens with one attached hydrogen (secondary N) is 3. The Morgan fingerprint density at radius 2 is 1.85 bits per heavy atom. The molecule has 0 aromatic carbocycles. The highest BCUT2D eigenvalue weighted by atomic mass is 19.4. The number of halogens is 3. The van der Waals surface area contributed by atoms with Gasteiger partial charge in [-0.15, -0.1) is 0 Å². The zero-order valence-corrected chi connectivity index (χ0v) is 22.7. The second-order valence-electron chi connectivity index (χ2n) is 12.6. The number of carbonyl (C=O) groups is 4. The number of likely N-dealkylation sites (tertiary alicyclic amines) is 1. The summed E-state index contributed by atoms with van der Waals surface area (Å²) in [4.78, 5) is 52.6. The zero-order valence-electron chi connectivity index (χ0n) is 22.7. The second-order valence-corrected chi connectivity index (χ2v) is 12.6. The van der Waals surface area contributed by atoms with Gasteiger partial charge in [-0.05, 0) is 63.7 Å². The van der Waals surface area contributed by atoms with Gasteiger partial charge in [0.05, 0.1) is 18.3 Å². The number of carbonyl (C=O) groups excluding carboxylic acids is 4. The number of nitriles is 1. The van der Waals surface area contributed by atoms with Gasteiger partial charge in [-0.3, -0.25) is 19.2 Å². The topological polar surface area (TPSA) is 141 Å². The first kappa shape index (κ1) is 29.1. The molecule has 39 heavy (non-hydrogen) atoms. The number of rotatable bonds is 9. The van der Waals surface area contributed by atoms with Gasteiger partial charge in [-0.2, -0.15) is 18.4 Å². The lowest BCUT2D eigenvalue weighted by atomic mass is 9.91. The van der Waals surface area contributed by atoms with Crippen molar-refractivity contribution in [1.29, 1.82) is 5.26 Å². The summed E-state index contributed by atoms with van der Waals surface area (Å²) in [6, 6.07) is -1.67. The summed E-state index contributed by atoms with van der Waals surface area (Å²) >= 11 is 0. The predicted molar refractivity (Wildman–Crippen MR) is 130 cm³/mol. The van der Waals surface area contributed by atoms with Crippen LogP contribution in [0.1, 0.15) is 60.3 Å². The number of hydrogen-bond donors (Lipinski definition) is 3. The van der Waals surface area contributed by atoms with E-state index in [-0.39, 0.29) is 42.2 Å². The van der Waals surface area contributed by atoms with Crippen molar-refractivity contribution in [3.05, 3.63) is 0 Å². The number of fused-ring (bicyclic) bond motifs is 1. The van der Waals surface area contributed by atoms with Crippen LogP contribution >= 0.6 is 0 Å². The molecule has 2 saturated heterocycles. The van der Waals surface area contributed by atoms with E-state index in [4.69, 9.17) is 4.74 Å². The molecule has 0 spiro atoms. The quantitative estimate of drug-likeness (QED) is 0.393. The molecule has 4 fully saturated rings. The maximum Gasteiger partial charge on any atom is 0.471 e. The summed E-state index contributed by atoms with van der Waals surface area (Å²) in [5, 5.41) is 17.0. The third-order valence-corrected chi connectivity index (χ3v) is 8.55. The molecule has 2 heterocycles. The average molecular weight is 556 g/mol. The van der Waals surface area contributed by atoms with E-state index in [1.807, 2.05) is 33.8 Å². The summed E-state index contributed by atoms with van der Waals surface area (Å²) in [5.74, 6) is -4.73. The fourth-order valence-electron chi connectivity index (χ4n) is 6.25. The van der Waals surface area contributed by atoms with Crippen LogP contribution in [0.15, 0.2) is 0 Å². The molecule has 7 atom stereocenters. The number of ether oxygens (including phenoxy) is 1. The molecule has 216 valence electrons. The normalized spacial score (nSPS) is 30.8. The highest BCUT2D eigenvalue weighted by molar-refractivity contribution is 5.95. The van der Waals surface area contributed by atoms with E-state index < -0.39 is 59.6 Å². The van der Waals surface area contributed by atoms with Crippen molar-refractivity contribution in [2.45, 2.75) is 102 Å². The smallest absolute Gasteiger partial charge is 0.373 e. The minimum absolute atomic E-state index is 0.0715. The van der Waals surface area contributed by atoms with Crippen LogP contribution in [-0.4, -0.2) is 77.1 Å². The van der Waals surface area contributed by atoms with E-state index in [0.29, 0.717) is 19.3 Å². The first-order valence-corrected chi connectivity index (χ1v) is 13.3. The second kappa shape index (κ2) is 9.94. The highest BCUT2D eigenvalue weighted by Gasteiger charge is 2.70. The number of alkyl halides is 3. The third kappa shape index (κ3) is 6.00. The molecular formula is C26H36F3N5O5. The molecule has 0 aromatic rings. The molecule has 3 N–H and O–H groups in total. The first-order chi connectivity index (χ1) is 18.0. The number of hydrogen-bond acceptors (Lipinski definition) is 6. The van der Waals surface area contributed by atoms with E-state index in [9.17, 15) is 37.6 Å². The maximum absolute atomic E-state index is 13.7. The Bertz CT molecular complexity index is 1080. The molecule has 0 bridgehead atoms. The zero-order chi connectivity index (χ0) is 29.1. The maximum atomic E-state index is 13.7. The summed E-state index contributed by atoms with van der Waals surface area (Å²) in [6.07, 6.45) is -4.46. The minimum Gasteiger partial charge on any atom is -0.373 e. The van der Waals surface area contributed by atoms with Crippen LogP contribution in [0.2, 0.25) is 0 Å². The van der Waals surface area contributed by atoms with Crippen molar-refractivity contribution in [2.75, 3.05) is 6.54 Å². The van der Waals surface area contributed by atoms with Gasteiger partial charge in [0.2, 0.25) is 17.7 Å². The van der Waals surface area contributed by atoms with E-state index in [2.05, 4.69) is 10.6 Å². The minimum atomic E-state index is -5.20. The van der Waals surface area contributed by atoms with Crippen LogP contribution < -0.4 is 16.0 Å². The summed E-state index contributed by atoms with van der Waals surface area (Å²) in [7, 11) is 0. The van der Waals surface area contributed by atoms with Gasteiger partial charge in [0, 0.05) is 18.0 Å². The molecule has 2 aliphatic heterocycles. The third-order valence-electron chi connectivity index (χ3n) is 8.55. The monoisotopic (exact) mass is 555 g/mol. The van der Waals surface area contributed by atoms with Crippen LogP contribution in [-0.2, 0) is 23.9 Å². The van der Waals surface area contributed by atoms with E-state index in [1.54, 1.807) is 5.32 Å². The summed E-state index contributed by atoms with van der Waals surface area (Å²) in [6.45, 7) is 9.17. The van der Waals surface area contributed by atoms with Crippen LogP contribution in [0, 0.1) is 34.5 Å². The number of piperidine rings is 1. The first-order valence-electron chi connectivity index (χ1n) is 13.3. The predicted octanol–water partition coefficient (Wildman–Crippen LogP) is 1.40. The molecule has 2 saturated carbocycles. The van der Waals surface area contributed by atoms with Gasteiger partial charge in [-0.1, -0.05) is 13.8 Å². The van der Waals surface area contributed by atoms with Gasteiger partial charge < -0.3 is 25.6 Å². The van der Waals surface area contributed by atoms with Gasteiger partial charge >= 0.3 is 12.1 Å². The Kier molecular flexibility index (Phi) is 7.42. The van der Waals surface area contributed by atoms with Crippen LogP contribution in [0.3, 0.4) is 0 Å². The van der Waals surface area contributed by atoms with Crippen molar-refractivity contribution in [3.8, 4) is 6.07 Å². The van der Waals surface area contributed by atoms with Crippen molar-refractivity contribution >= 4 is 23.6 Å². The Morgan fingerprint density at radius 1 is 1.21 bits per heavy atom. The molecule has 4 amide bonds. The lowest BCUT2D eigenvalue weighted by Crippen LogP contribution is -2.60. The van der Waals surface area contributed by atoms with Gasteiger partial charge in [0.1, 0.15) is 18.1 Å². The molecule has 10 nitrogen and oxygen atoms in total. The molecule has 4 rings (SSSR count). The van der Waals surface area contributed by atoms with E-state index in [0.717, 1.165) is 0 Å². The highest BCUT2D eigenvalue weighted by Crippen LogP contribution is 2.65. The molecule has 4 aliphatic rings. The van der Waals surface area contributed by atoms with Crippen molar-refractivity contribution < 1.29 is 37.1 Å². The van der Waals surface area contributed by atoms with Crippen LogP contribution in [0.4, 0.5) is 13.2 Å².